The highest BCUT2D eigenvalue weighted by molar-refractivity contribution is 7.48. The van der Waals surface area contributed by atoms with Crippen molar-refractivity contribution in [2.75, 3.05) is 0 Å². The molecule has 7 rings (SSSR count). The van der Waals surface area contributed by atoms with Gasteiger partial charge in [-0.2, -0.15) is 0 Å². The van der Waals surface area contributed by atoms with Gasteiger partial charge in [0.1, 0.15) is 11.5 Å². The van der Waals surface area contributed by atoms with Crippen molar-refractivity contribution in [1.82, 2.24) is 0 Å². The summed E-state index contributed by atoms with van der Waals surface area (Å²) in [6.07, 6.45) is 3.68. The third-order valence-electron chi connectivity index (χ3n) is 10.1. The predicted molar refractivity (Wildman–Crippen MR) is 170 cm³/mol. The molecule has 0 aromatic heterocycles. The van der Waals surface area contributed by atoms with E-state index in [1.165, 1.54) is 33.4 Å². The van der Waals surface area contributed by atoms with Crippen molar-refractivity contribution >= 4 is 7.82 Å². The van der Waals surface area contributed by atoms with E-state index >= 15 is 0 Å². The summed E-state index contributed by atoms with van der Waals surface area (Å²) in [5, 5.41) is 0. The summed E-state index contributed by atoms with van der Waals surface area (Å²) in [5.41, 5.74) is 17.6. The molecule has 0 radical (unpaired) electrons. The summed E-state index contributed by atoms with van der Waals surface area (Å²) in [6, 6.07) is 13.0. The molecule has 5 heteroatoms. The van der Waals surface area contributed by atoms with Crippen LogP contribution in [-0.2, 0) is 22.8 Å². The lowest BCUT2D eigenvalue weighted by atomic mass is 9.73. The molecule has 1 spiro atoms. The molecule has 216 valence electrons. The molecule has 4 nitrogen and oxygen atoms in total. The highest BCUT2D eigenvalue weighted by atomic mass is 31.2. The van der Waals surface area contributed by atoms with E-state index in [0.717, 1.165) is 81.3 Å². The first-order valence-electron chi connectivity index (χ1n) is 15.0. The number of benzene rings is 4. The highest BCUT2D eigenvalue weighted by Crippen LogP contribution is 2.66. The first-order valence-corrected chi connectivity index (χ1v) is 16.5. The predicted octanol–water partition coefficient (Wildman–Crippen LogP) is 9.54. The second kappa shape index (κ2) is 9.09. The molecule has 0 unspecified atom stereocenters. The van der Waals surface area contributed by atoms with Crippen LogP contribution in [0.3, 0.4) is 0 Å². The molecule has 1 N–H and O–H groups in total. The SMILES string of the molecule is Cc1cc(C)c(-c2cc(C)c3c4c2OP(=O)(O)Oc2c(-c5c(C)cc(C)cc5C)cc(C)c5c2C4(CC3)CC5)c(C)c1. The van der Waals surface area contributed by atoms with Crippen LogP contribution in [0.25, 0.3) is 22.3 Å². The summed E-state index contributed by atoms with van der Waals surface area (Å²) in [7, 11) is -4.57. The van der Waals surface area contributed by atoms with Crippen LogP contribution in [0.2, 0.25) is 0 Å². The Morgan fingerprint density at radius 1 is 0.595 bits per heavy atom. The van der Waals surface area contributed by atoms with Gasteiger partial charge in [0.25, 0.3) is 0 Å². The molecule has 0 amide bonds. The van der Waals surface area contributed by atoms with Crippen LogP contribution in [0.1, 0.15) is 79.6 Å². The number of aryl methyl sites for hydroxylation is 8. The fraction of sp³-hybridized carbons (Fsp3) is 0.351. The van der Waals surface area contributed by atoms with E-state index in [0.29, 0.717) is 11.5 Å². The van der Waals surface area contributed by atoms with Crippen LogP contribution >= 0.6 is 7.82 Å². The first kappa shape index (κ1) is 27.5. The van der Waals surface area contributed by atoms with E-state index in [4.69, 9.17) is 9.05 Å². The zero-order valence-electron chi connectivity index (χ0n) is 25.9. The number of phosphoric ester groups is 1. The van der Waals surface area contributed by atoms with Crippen LogP contribution in [-0.4, -0.2) is 4.89 Å². The molecular formula is C37H39O4P. The fourth-order valence-electron chi connectivity index (χ4n) is 8.78. The van der Waals surface area contributed by atoms with Gasteiger partial charge in [-0.05, 0) is 149 Å². The third-order valence-corrected chi connectivity index (χ3v) is 10.9. The molecule has 0 fully saturated rings. The summed E-state index contributed by atoms with van der Waals surface area (Å²) in [4.78, 5) is 11.5. The monoisotopic (exact) mass is 578 g/mol. The molecular weight excluding hydrogens is 539 g/mol. The molecule has 0 saturated heterocycles. The van der Waals surface area contributed by atoms with Crippen molar-refractivity contribution in [2.24, 2.45) is 0 Å². The zero-order chi connectivity index (χ0) is 29.9. The standard InChI is InChI=1S/C37H39O4P/c1-19-13-23(5)31(24(6)14-19)29-17-21(3)27-9-11-37-12-10-28-22(4)18-30(32-25(7)15-20(2)16-26(32)8)36(34(28)37)41-42(38,39)40-35(29)33(27)37/h13-18H,9-12H2,1-8H3,(H,38,39). The summed E-state index contributed by atoms with van der Waals surface area (Å²) >= 11 is 0. The highest BCUT2D eigenvalue weighted by Gasteiger charge is 2.53. The Labute approximate surface area is 249 Å². The maximum absolute atomic E-state index is 14.1. The van der Waals surface area contributed by atoms with Gasteiger partial charge >= 0.3 is 7.82 Å². The molecule has 3 aliphatic rings. The van der Waals surface area contributed by atoms with Crippen molar-refractivity contribution in [3.05, 3.63) is 103 Å². The number of rotatable bonds is 2. The lowest BCUT2D eigenvalue weighted by molar-refractivity contribution is 0.281. The third kappa shape index (κ3) is 3.81. The Hall–Kier alpha value is -3.33. The van der Waals surface area contributed by atoms with Gasteiger partial charge in [-0.15, -0.1) is 0 Å². The molecule has 0 saturated carbocycles. The van der Waals surface area contributed by atoms with Gasteiger partial charge in [0.15, 0.2) is 0 Å². The van der Waals surface area contributed by atoms with E-state index < -0.39 is 7.82 Å². The quantitative estimate of drug-likeness (QED) is 0.241. The molecule has 4 aromatic rings. The smallest absolute Gasteiger partial charge is 0.394 e. The van der Waals surface area contributed by atoms with Gasteiger partial charge in [-0.1, -0.05) is 35.4 Å². The second-order valence-corrected chi connectivity index (χ2v) is 14.4. The summed E-state index contributed by atoms with van der Waals surface area (Å²) in [6.45, 7) is 17.0. The van der Waals surface area contributed by atoms with Gasteiger partial charge in [0, 0.05) is 27.7 Å². The lowest BCUT2D eigenvalue weighted by Gasteiger charge is -2.35. The van der Waals surface area contributed by atoms with Crippen LogP contribution < -0.4 is 9.05 Å². The van der Waals surface area contributed by atoms with E-state index in [2.05, 4.69) is 91.8 Å². The van der Waals surface area contributed by atoms with Crippen LogP contribution in [0.5, 0.6) is 11.5 Å². The van der Waals surface area contributed by atoms with E-state index in [1.807, 2.05) is 0 Å². The van der Waals surface area contributed by atoms with Crippen molar-refractivity contribution in [1.29, 1.82) is 0 Å². The molecule has 1 aliphatic heterocycles. The molecule has 42 heavy (non-hydrogen) atoms. The molecule has 0 bridgehead atoms. The van der Waals surface area contributed by atoms with Gasteiger partial charge in [0.05, 0.1) is 0 Å². The van der Waals surface area contributed by atoms with Gasteiger partial charge < -0.3 is 9.05 Å². The van der Waals surface area contributed by atoms with E-state index in [1.54, 1.807) is 0 Å². The van der Waals surface area contributed by atoms with Gasteiger partial charge in [-0.3, -0.25) is 4.89 Å². The minimum Gasteiger partial charge on any atom is -0.394 e. The fourth-order valence-corrected chi connectivity index (χ4v) is 9.66. The zero-order valence-corrected chi connectivity index (χ0v) is 26.8. The maximum Gasteiger partial charge on any atom is 0.584 e. The van der Waals surface area contributed by atoms with Gasteiger partial charge in [-0.25, -0.2) is 4.57 Å². The van der Waals surface area contributed by atoms with Crippen LogP contribution in [0.4, 0.5) is 0 Å². The molecule has 0 atom stereocenters. The Morgan fingerprint density at radius 2 is 0.952 bits per heavy atom. The van der Waals surface area contributed by atoms with Crippen LogP contribution in [0.15, 0.2) is 36.4 Å². The Morgan fingerprint density at radius 3 is 1.31 bits per heavy atom. The van der Waals surface area contributed by atoms with E-state index in [9.17, 15) is 9.46 Å². The molecule has 2 aliphatic carbocycles. The number of phosphoric acid groups is 1. The Kier molecular flexibility index (Phi) is 5.95. The Bertz CT molecular complexity index is 1730. The normalized spacial score (nSPS) is 17.2. The summed E-state index contributed by atoms with van der Waals surface area (Å²) < 4.78 is 26.7. The second-order valence-electron chi connectivity index (χ2n) is 13.1. The average molecular weight is 579 g/mol. The topological polar surface area (TPSA) is 55.8 Å². The van der Waals surface area contributed by atoms with Crippen molar-refractivity contribution in [3.63, 3.8) is 0 Å². The minimum atomic E-state index is -4.57. The van der Waals surface area contributed by atoms with Crippen molar-refractivity contribution < 1.29 is 18.5 Å². The molecule has 1 heterocycles. The number of hydrogen-bond acceptors (Lipinski definition) is 3. The lowest BCUT2D eigenvalue weighted by Crippen LogP contribution is -2.26. The van der Waals surface area contributed by atoms with Crippen LogP contribution in [0, 0.1) is 55.4 Å². The average Bonchev–Trinajstić information content (AvgIpc) is 3.44. The minimum absolute atomic E-state index is 0.337. The Balaban J connectivity index is 1.61. The van der Waals surface area contributed by atoms with Crippen molar-refractivity contribution in [2.45, 2.75) is 86.5 Å². The maximum atomic E-state index is 14.1. The largest absolute Gasteiger partial charge is 0.584 e. The van der Waals surface area contributed by atoms with Crippen molar-refractivity contribution in [3.8, 4) is 33.8 Å². The van der Waals surface area contributed by atoms with Gasteiger partial charge in [0.2, 0.25) is 0 Å². The summed E-state index contributed by atoms with van der Waals surface area (Å²) in [5.74, 6) is 1.05. The first-order chi connectivity index (χ1) is 19.8. The number of hydrogen-bond donors (Lipinski definition) is 1. The van der Waals surface area contributed by atoms with E-state index in [-0.39, 0.29) is 5.41 Å². The molecule has 4 aromatic carbocycles.